The van der Waals surface area contributed by atoms with Gasteiger partial charge >= 0.3 is 5.63 Å². The summed E-state index contributed by atoms with van der Waals surface area (Å²) in [5.74, 6) is -0.283. The van der Waals surface area contributed by atoms with E-state index in [1.807, 2.05) is 12.1 Å². The van der Waals surface area contributed by atoms with Gasteiger partial charge in [-0.25, -0.2) is 4.79 Å². The maximum atomic E-state index is 11.9. The molecule has 0 saturated heterocycles. The summed E-state index contributed by atoms with van der Waals surface area (Å²) in [5.41, 5.74) is 0.924. The van der Waals surface area contributed by atoms with Crippen molar-refractivity contribution in [1.29, 1.82) is 0 Å². The fourth-order valence-corrected chi connectivity index (χ4v) is 3.12. The fraction of sp³-hybridized carbons (Fsp3) is 0.333. The molecule has 4 nitrogen and oxygen atoms in total. The molecule has 21 heavy (non-hydrogen) atoms. The standard InChI is InChI=1S/C15H15Br2NO3/c1-3-18(4-2)12-7-14-9(6-11(12)17)5-10(13(19)8-16)15(20)21-14/h5-7H,3-4,8H2,1-2H3. The number of carbonyl (C=O) groups excluding carboxylic acids is 1. The van der Waals surface area contributed by atoms with Crippen LogP contribution < -0.4 is 10.5 Å². The Labute approximate surface area is 139 Å². The highest BCUT2D eigenvalue weighted by Crippen LogP contribution is 2.31. The number of alkyl halides is 1. The van der Waals surface area contributed by atoms with Crippen LogP contribution in [-0.2, 0) is 0 Å². The molecule has 0 atom stereocenters. The molecule has 0 bridgehead atoms. The van der Waals surface area contributed by atoms with E-state index in [0.717, 1.165) is 28.6 Å². The van der Waals surface area contributed by atoms with Gasteiger partial charge in [-0.2, -0.15) is 0 Å². The monoisotopic (exact) mass is 415 g/mol. The Morgan fingerprint density at radius 1 is 1.24 bits per heavy atom. The van der Waals surface area contributed by atoms with Crippen molar-refractivity contribution in [3.63, 3.8) is 0 Å². The average molecular weight is 417 g/mol. The van der Waals surface area contributed by atoms with Crippen molar-refractivity contribution in [3.05, 3.63) is 38.7 Å². The van der Waals surface area contributed by atoms with Gasteiger partial charge in [0.25, 0.3) is 0 Å². The van der Waals surface area contributed by atoms with E-state index in [4.69, 9.17) is 4.42 Å². The smallest absolute Gasteiger partial charge is 0.347 e. The molecule has 0 fully saturated rings. The fourth-order valence-electron chi connectivity index (χ4n) is 2.20. The second-order valence-electron chi connectivity index (χ2n) is 4.52. The lowest BCUT2D eigenvalue weighted by Gasteiger charge is -2.22. The van der Waals surface area contributed by atoms with Crippen LogP contribution in [0, 0.1) is 0 Å². The number of rotatable bonds is 5. The van der Waals surface area contributed by atoms with E-state index < -0.39 is 5.63 Å². The zero-order chi connectivity index (χ0) is 15.6. The van der Waals surface area contributed by atoms with Crippen LogP contribution in [0.25, 0.3) is 11.0 Å². The zero-order valence-corrected chi connectivity index (χ0v) is 15.0. The quantitative estimate of drug-likeness (QED) is 0.420. The first-order valence-corrected chi connectivity index (χ1v) is 8.54. The number of ketones is 1. The lowest BCUT2D eigenvalue weighted by Crippen LogP contribution is -2.22. The predicted molar refractivity (Wildman–Crippen MR) is 91.9 cm³/mol. The predicted octanol–water partition coefficient (Wildman–Crippen LogP) is 3.98. The summed E-state index contributed by atoms with van der Waals surface area (Å²) in [6.07, 6.45) is 0. The SMILES string of the molecule is CCN(CC)c1cc2oc(=O)c(C(=O)CBr)cc2cc1Br. The van der Waals surface area contributed by atoms with Gasteiger partial charge in [0.1, 0.15) is 11.1 Å². The Bertz CT molecular complexity index is 736. The second-order valence-corrected chi connectivity index (χ2v) is 5.93. The van der Waals surface area contributed by atoms with Crippen molar-refractivity contribution >= 4 is 54.3 Å². The van der Waals surface area contributed by atoms with Gasteiger partial charge in [-0.15, -0.1) is 0 Å². The molecule has 0 amide bonds. The molecule has 0 aliphatic carbocycles. The molecule has 2 aromatic rings. The first-order chi connectivity index (χ1) is 10.0. The largest absolute Gasteiger partial charge is 0.422 e. The van der Waals surface area contributed by atoms with Gasteiger partial charge in [0.2, 0.25) is 0 Å². The van der Waals surface area contributed by atoms with E-state index in [1.54, 1.807) is 6.07 Å². The summed E-state index contributed by atoms with van der Waals surface area (Å²) in [4.78, 5) is 25.8. The Morgan fingerprint density at radius 2 is 1.90 bits per heavy atom. The first kappa shape index (κ1) is 16.2. The van der Waals surface area contributed by atoms with E-state index in [2.05, 4.69) is 50.6 Å². The molecule has 1 aromatic carbocycles. The molecular formula is C15H15Br2NO3. The van der Waals surface area contributed by atoms with Crippen LogP contribution in [0.3, 0.4) is 0 Å². The highest BCUT2D eigenvalue weighted by atomic mass is 79.9. The average Bonchev–Trinajstić information content (AvgIpc) is 2.48. The zero-order valence-electron chi connectivity index (χ0n) is 11.8. The molecule has 0 saturated carbocycles. The van der Waals surface area contributed by atoms with Gasteiger partial charge in [0, 0.05) is 29.0 Å². The number of halogens is 2. The van der Waals surface area contributed by atoms with Gasteiger partial charge in [0.05, 0.1) is 11.0 Å². The normalized spacial score (nSPS) is 10.9. The van der Waals surface area contributed by atoms with Gasteiger partial charge in [0.15, 0.2) is 5.78 Å². The van der Waals surface area contributed by atoms with Crippen LogP contribution in [0.5, 0.6) is 0 Å². The third kappa shape index (κ3) is 3.21. The number of benzene rings is 1. The third-order valence-electron chi connectivity index (χ3n) is 3.33. The van der Waals surface area contributed by atoms with E-state index >= 15 is 0 Å². The minimum absolute atomic E-state index is 0.0712. The molecule has 1 heterocycles. The molecule has 0 unspecified atom stereocenters. The number of carbonyl (C=O) groups is 1. The van der Waals surface area contributed by atoms with Crippen LogP contribution in [-0.4, -0.2) is 24.2 Å². The van der Waals surface area contributed by atoms with Gasteiger partial charge in [-0.3, -0.25) is 4.79 Å². The summed E-state index contributed by atoms with van der Waals surface area (Å²) in [6, 6.07) is 5.29. The molecule has 0 N–H and O–H groups in total. The Morgan fingerprint density at radius 3 is 2.48 bits per heavy atom. The molecule has 6 heteroatoms. The maximum absolute atomic E-state index is 11.9. The summed E-state index contributed by atoms with van der Waals surface area (Å²) in [5, 5.41) is 0.823. The topological polar surface area (TPSA) is 50.5 Å². The molecule has 1 aromatic heterocycles. The van der Waals surface area contributed by atoms with E-state index in [9.17, 15) is 9.59 Å². The number of nitrogens with zero attached hydrogens (tertiary/aromatic N) is 1. The number of hydrogen-bond acceptors (Lipinski definition) is 4. The van der Waals surface area contributed by atoms with Crippen LogP contribution >= 0.6 is 31.9 Å². The third-order valence-corrected chi connectivity index (χ3v) is 4.47. The Kier molecular flexibility index (Phi) is 5.22. The van der Waals surface area contributed by atoms with Crippen LogP contribution in [0.15, 0.2) is 31.9 Å². The highest BCUT2D eigenvalue weighted by Gasteiger charge is 2.15. The second kappa shape index (κ2) is 6.75. The van der Waals surface area contributed by atoms with Crippen molar-refractivity contribution in [3.8, 4) is 0 Å². The van der Waals surface area contributed by atoms with Crippen molar-refractivity contribution in [2.75, 3.05) is 23.3 Å². The number of hydrogen-bond donors (Lipinski definition) is 0. The maximum Gasteiger partial charge on any atom is 0.347 e. The van der Waals surface area contributed by atoms with Gasteiger partial charge in [-0.05, 0) is 41.9 Å². The van der Waals surface area contributed by atoms with Gasteiger partial charge < -0.3 is 9.32 Å². The number of Topliss-reactive ketones (excluding diaryl/α,β-unsaturated/α-hetero) is 1. The minimum Gasteiger partial charge on any atom is -0.422 e. The minimum atomic E-state index is -0.597. The Hall–Kier alpha value is -1.14. The van der Waals surface area contributed by atoms with E-state index in [0.29, 0.717) is 5.58 Å². The number of fused-ring (bicyclic) bond motifs is 1. The van der Waals surface area contributed by atoms with Crippen molar-refractivity contribution in [1.82, 2.24) is 0 Å². The lowest BCUT2D eigenvalue weighted by molar-refractivity contribution is 0.102. The summed E-state index contributed by atoms with van der Waals surface area (Å²) in [6.45, 7) is 5.83. The molecule has 0 radical (unpaired) electrons. The van der Waals surface area contributed by atoms with Crippen LogP contribution in [0.4, 0.5) is 5.69 Å². The molecule has 0 spiro atoms. The van der Waals surface area contributed by atoms with Crippen molar-refractivity contribution in [2.45, 2.75) is 13.8 Å². The van der Waals surface area contributed by atoms with Crippen LogP contribution in [0.1, 0.15) is 24.2 Å². The molecule has 112 valence electrons. The summed E-state index contributed by atoms with van der Waals surface area (Å²) >= 11 is 6.61. The van der Waals surface area contributed by atoms with Crippen LogP contribution in [0.2, 0.25) is 0 Å². The highest BCUT2D eigenvalue weighted by molar-refractivity contribution is 9.10. The summed E-state index contributed by atoms with van der Waals surface area (Å²) in [7, 11) is 0. The number of anilines is 1. The summed E-state index contributed by atoms with van der Waals surface area (Å²) < 4.78 is 6.21. The van der Waals surface area contributed by atoms with Crippen molar-refractivity contribution in [2.24, 2.45) is 0 Å². The molecular weight excluding hydrogens is 402 g/mol. The molecule has 0 aliphatic rings. The van der Waals surface area contributed by atoms with Gasteiger partial charge in [-0.1, -0.05) is 15.9 Å². The lowest BCUT2D eigenvalue weighted by atomic mass is 10.1. The molecule has 2 rings (SSSR count). The Balaban J connectivity index is 2.65. The van der Waals surface area contributed by atoms with E-state index in [-0.39, 0.29) is 16.7 Å². The molecule has 0 aliphatic heterocycles. The van der Waals surface area contributed by atoms with E-state index in [1.165, 1.54) is 0 Å². The first-order valence-electron chi connectivity index (χ1n) is 6.63. The van der Waals surface area contributed by atoms with Crippen molar-refractivity contribution < 1.29 is 9.21 Å².